The molecule has 108 valence electrons. The van der Waals surface area contributed by atoms with Crippen molar-refractivity contribution >= 4 is 50.5 Å². The first-order chi connectivity index (χ1) is 9.63. The SMILES string of the molecule is CCOCCCNC(=O)c1sc2cc(Cl)ccc2c1Cl. The maximum atomic E-state index is 12.1. The number of carbonyl (C=O) groups is 1. The number of benzene rings is 1. The highest BCUT2D eigenvalue weighted by atomic mass is 35.5. The lowest BCUT2D eigenvalue weighted by molar-refractivity contribution is 0.0948. The quantitative estimate of drug-likeness (QED) is 0.798. The third-order valence-electron chi connectivity index (χ3n) is 2.75. The Hall–Kier alpha value is -0.810. The number of fused-ring (bicyclic) bond motifs is 1. The van der Waals surface area contributed by atoms with E-state index in [1.165, 1.54) is 11.3 Å². The molecule has 0 saturated carbocycles. The van der Waals surface area contributed by atoms with Crippen LogP contribution in [0.1, 0.15) is 23.0 Å². The molecule has 0 spiro atoms. The highest BCUT2D eigenvalue weighted by molar-refractivity contribution is 7.21. The van der Waals surface area contributed by atoms with Gasteiger partial charge in [-0.25, -0.2) is 0 Å². The molecular weight excluding hydrogens is 317 g/mol. The van der Waals surface area contributed by atoms with Gasteiger partial charge >= 0.3 is 0 Å². The van der Waals surface area contributed by atoms with E-state index in [9.17, 15) is 4.79 Å². The second-order valence-electron chi connectivity index (χ2n) is 4.19. The first-order valence-corrected chi connectivity index (χ1v) is 7.94. The summed E-state index contributed by atoms with van der Waals surface area (Å²) >= 11 is 13.5. The van der Waals surface area contributed by atoms with Crippen LogP contribution in [-0.4, -0.2) is 25.7 Å². The van der Waals surface area contributed by atoms with E-state index in [0.29, 0.717) is 34.7 Å². The van der Waals surface area contributed by atoms with Crippen molar-refractivity contribution in [1.29, 1.82) is 0 Å². The van der Waals surface area contributed by atoms with Gasteiger partial charge in [-0.05, 0) is 25.5 Å². The fraction of sp³-hybridized carbons (Fsp3) is 0.357. The average Bonchev–Trinajstić information content (AvgIpc) is 2.75. The Kier molecular flexibility index (Phi) is 5.66. The number of hydrogen-bond acceptors (Lipinski definition) is 3. The Morgan fingerprint density at radius 2 is 2.20 bits per heavy atom. The summed E-state index contributed by atoms with van der Waals surface area (Å²) in [5, 5.41) is 4.84. The van der Waals surface area contributed by atoms with Crippen LogP contribution < -0.4 is 5.32 Å². The molecule has 3 nitrogen and oxygen atoms in total. The van der Waals surface area contributed by atoms with Gasteiger partial charge in [0.15, 0.2) is 0 Å². The topological polar surface area (TPSA) is 38.3 Å². The molecule has 0 aliphatic rings. The van der Waals surface area contributed by atoms with E-state index >= 15 is 0 Å². The van der Waals surface area contributed by atoms with Gasteiger partial charge in [-0.2, -0.15) is 0 Å². The summed E-state index contributed by atoms with van der Waals surface area (Å²) in [5.41, 5.74) is 0. The van der Waals surface area contributed by atoms with Crippen LogP contribution in [0.2, 0.25) is 10.0 Å². The van der Waals surface area contributed by atoms with Crippen LogP contribution in [0, 0.1) is 0 Å². The highest BCUT2D eigenvalue weighted by Gasteiger charge is 2.16. The maximum absolute atomic E-state index is 12.1. The minimum Gasteiger partial charge on any atom is -0.382 e. The molecule has 0 atom stereocenters. The number of rotatable bonds is 6. The van der Waals surface area contributed by atoms with Crippen LogP contribution in [0.5, 0.6) is 0 Å². The lowest BCUT2D eigenvalue weighted by Gasteiger charge is -2.04. The minimum atomic E-state index is -0.149. The standard InChI is InChI=1S/C14H15Cl2NO2S/c1-2-19-7-3-6-17-14(18)13-12(16)10-5-4-9(15)8-11(10)20-13/h4-5,8H,2-3,6-7H2,1H3,(H,17,18). The van der Waals surface area contributed by atoms with Gasteiger partial charge in [0.2, 0.25) is 0 Å². The van der Waals surface area contributed by atoms with Gasteiger partial charge in [-0.15, -0.1) is 11.3 Å². The van der Waals surface area contributed by atoms with E-state index in [1.54, 1.807) is 6.07 Å². The number of thiophene rings is 1. The normalized spacial score (nSPS) is 10.9. The summed E-state index contributed by atoms with van der Waals surface area (Å²) in [6.45, 7) is 3.86. The van der Waals surface area contributed by atoms with Crippen LogP contribution >= 0.6 is 34.5 Å². The van der Waals surface area contributed by atoms with Crippen molar-refractivity contribution in [3.05, 3.63) is 33.1 Å². The monoisotopic (exact) mass is 331 g/mol. The fourth-order valence-corrected chi connectivity index (χ4v) is 3.50. The lowest BCUT2D eigenvalue weighted by Crippen LogP contribution is -2.24. The summed E-state index contributed by atoms with van der Waals surface area (Å²) in [6, 6.07) is 5.42. The first-order valence-electron chi connectivity index (χ1n) is 6.37. The Labute approximate surface area is 131 Å². The molecular formula is C14H15Cl2NO2S. The molecule has 2 aromatic rings. The van der Waals surface area contributed by atoms with Crippen LogP contribution in [0.4, 0.5) is 0 Å². The molecule has 20 heavy (non-hydrogen) atoms. The third-order valence-corrected chi connectivity index (χ3v) is 4.64. The van der Waals surface area contributed by atoms with E-state index in [0.717, 1.165) is 16.5 Å². The van der Waals surface area contributed by atoms with Crippen LogP contribution in [0.3, 0.4) is 0 Å². The predicted molar refractivity (Wildman–Crippen MR) is 85.3 cm³/mol. The second-order valence-corrected chi connectivity index (χ2v) is 6.06. The first kappa shape index (κ1) is 15.6. The summed E-state index contributed by atoms with van der Waals surface area (Å²) in [4.78, 5) is 12.6. The number of halogens is 2. The number of ether oxygens (including phenoxy) is 1. The minimum absolute atomic E-state index is 0.149. The number of hydrogen-bond donors (Lipinski definition) is 1. The molecule has 0 aliphatic heterocycles. The highest BCUT2D eigenvalue weighted by Crippen LogP contribution is 2.36. The lowest BCUT2D eigenvalue weighted by atomic mass is 10.2. The van der Waals surface area contributed by atoms with Gasteiger partial charge in [0.05, 0.1) is 5.02 Å². The molecule has 1 N–H and O–H groups in total. The molecule has 6 heteroatoms. The van der Waals surface area contributed by atoms with E-state index in [4.69, 9.17) is 27.9 Å². The fourth-order valence-electron chi connectivity index (χ4n) is 1.79. The summed E-state index contributed by atoms with van der Waals surface area (Å²) in [5.74, 6) is -0.149. The molecule has 0 unspecified atom stereocenters. The van der Waals surface area contributed by atoms with E-state index in [1.807, 2.05) is 19.1 Å². The Morgan fingerprint density at radius 3 is 2.95 bits per heavy atom. The number of carbonyl (C=O) groups excluding carboxylic acids is 1. The van der Waals surface area contributed by atoms with Gasteiger partial charge in [0, 0.05) is 34.9 Å². The predicted octanol–water partition coefficient (Wildman–Crippen LogP) is 4.36. The molecule has 2 rings (SSSR count). The zero-order valence-corrected chi connectivity index (χ0v) is 13.4. The maximum Gasteiger partial charge on any atom is 0.262 e. The Balaban J connectivity index is 2.04. The van der Waals surface area contributed by atoms with Crippen LogP contribution in [0.25, 0.3) is 10.1 Å². The van der Waals surface area contributed by atoms with Crippen LogP contribution in [0.15, 0.2) is 18.2 Å². The molecule has 1 aromatic carbocycles. The van der Waals surface area contributed by atoms with Crippen molar-refractivity contribution in [2.75, 3.05) is 19.8 Å². The molecule has 1 amide bonds. The van der Waals surface area contributed by atoms with Crippen molar-refractivity contribution in [2.45, 2.75) is 13.3 Å². The molecule has 0 aliphatic carbocycles. The number of nitrogens with one attached hydrogen (secondary N) is 1. The molecule has 0 saturated heterocycles. The smallest absolute Gasteiger partial charge is 0.262 e. The van der Waals surface area contributed by atoms with E-state index in [2.05, 4.69) is 5.32 Å². The summed E-state index contributed by atoms with van der Waals surface area (Å²) in [6.07, 6.45) is 0.786. The van der Waals surface area contributed by atoms with Gasteiger partial charge in [0.25, 0.3) is 5.91 Å². The van der Waals surface area contributed by atoms with Crippen molar-refractivity contribution < 1.29 is 9.53 Å². The Morgan fingerprint density at radius 1 is 1.40 bits per heavy atom. The van der Waals surface area contributed by atoms with Gasteiger partial charge < -0.3 is 10.1 Å². The third kappa shape index (κ3) is 3.64. The molecule has 1 aromatic heterocycles. The number of amides is 1. The molecule has 1 heterocycles. The van der Waals surface area contributed by atoms with E-state index < -0.39 is 0 Å². The largest absolute Gasteiger partial charge is 0.382 e. The summed E-state index contributed by atoms with van der Waals surface area (Å²) < 4.78 is 6.14. The molecule has 0 bridgehead atoms. The zero-order chi connectivity index (χ0) is 14.5. The average molecular weight is 332 g/mol. The zero-order valence-electron chi connectivity index (χ0n) is 11.0. The Bertz CT molecular complexity index is 612. The summed E-state index contributed by atoms with van der Waals surface area (Å²) in [7, 11) is 0. The van der Waals surface area contributed by atoms with Crippen molar-refractivity contribution in [3.8, 4) is 0 Å². The second kappa shape index (κ2) is 7.27. The molecule has 0 fully saturated rings. The van der Waals surface area contributed by atoms with Crippen molar-refractivity contribution in [1.82, 2.24) is 5.32 Å². The van der Waals surface area contributed by atoms with Gasteiger partial charge in [0.1, 0.15) is 4.88 Å². The van der Waals surface area contributed by atoms with Gasteiger partial charge in [-0.3, -0.25) is 4.79 Å². The van der Waals surface area contributed by atoms with Gasteiger partial charge in [-0.1, -0.05) is 29.3 Å². The van der Waals surface area contributed by atoms with Crippen molar-refractivity contribution in [2.24, 2.45) is 0 Å². The van der Waals surface area contributed by atoms with Crippen LogP contribution in [-0.2, 0) is 4.74 Å². The van der Waals surface area contributed by atoms with Crippen molar-refractivity contribution in [3.63, 3.8) is 0 Å². The molecule has 0 radical (unpaired) electrons. The van der Waals surface area contributed by atoms with E-state index in [-0.39, 0.29) is 5.91 Å².